The SMILES string of the molecule is CC(=O)C(CN)CN. The van der Waals surface area contributed by atoms with Crippen LogP contribution in [0.15, 0.2) is 0 Å². The van der Waals surface area contributed by atoms with E-state index >= 15 is 0 Å². The minimum Gasteiger partial charge on any atom is -0.330 e. The van der Waals surface area contributed by atoms with Crippen LogP contribution < -0.4 is 11.5 Å². The third kappa shape index (κ3) is 2.04. The van der Waals surface area contributed by atoms with Gasteiger partial charge in [0.1, 0.15) is 5.78 Å². The second kappa shape index (κ2) is 3.57. The van der Waals surface area contributed by atoms with Gasteiger partial charge in [0.05, 0.1) is 0 Å². The van der Waals surface area contributed by atoms with Gasteiger partial charge in [0.15, 0.2) is 0 Å². The van der Waals surface area contributed by atoms with E-state index in [2.05, 4.69) is 0 Å². The zero-order valence-electron chi connectivity index (χ0n) is 5.05. The van der Waals surface area contributed by atoms with E-state index in [0.717, 1.165) is 0 Å². The normalized spacial score (nSPS) is 10.0. The van der Waals surface area contributed by atoms with E-state index in [9.17, 15) is 4.79 Å². The predicted molar refractivity (Wildman–Crippen MR) is 32.3 cm³/mol. The summed E-state index contributed by atoms with van der Waals surface area (Å²) in [6.07, 6.45) is 0. The molecule has 0 spiro atoms. The molecule has 0 unspecified atom stereocenters. The van der Waals surface area contributed by atoms with E-state index in [-0.39, 0.29) is 11.7 Å². The summed E-state index contributed by atoms with van der Waals surface area (Å²) in [5.41, 5.74) is 10.4. The molecule has 3 nitrogen and oxygen atoms in total. The van der Waals surface area contributed by atoms with Gasteiger partial charge < -0.3 is 11.5 Å². The van der Waals surface area contributed by atoms with Crippen molar-refractivity contribution in [2.45, 2.75) is 6.92 Å². The molecule has 3 heteroatoms. The Hall–Kier alpha value is -0.410. The van der Waals surface area contributed by atoms with Gasteiger partial charge >= 0.3 is 0 Å². The third-order valence-electron chi connectivity index (χ3n) is 1.14. The number of carbonyl (C=O) groups excluding carboxylic acids is 1. The van der Waals surface area contributed by atoms with Gasteiger partial charge in [-0.05, 0) is 6.92 Å². The standard InChI is InChI=1S/C5H12N2O/c1-4(8)5(2-6)3-7/h5H,2-3,6-7H2,1H3. The lowest BCUT2D eigenvalue weighted by atomic mass is 10.1. The Morgan fingerprint density at radius 1 is 1.50 bits per heavy atom. The smallest absolute Gasteiger partial charge is 0.135 e. The number of hydrogen-bond donors (Lipinski definition) is 2. The summed E-state index contributed by atoms with van der Waals surface area (Å²) in [6, 6.07) is 0. The van der Waals surface area contributed by atoms with Gasteiger partial charge in [-0.15, -0.1) is 0 Å². The quantitative estimate of drug-likeness (QED) is 0.502. The van der Waals surface area contributed by atoms with Crippen LogP contribution in [-0.4, -0.2) is 18.9 Å². The van der Waals surface area contributed by atoms with Crippen molar-refractivity contribution in [3.8, 4) is 0 Å². The molecular formula is C5H12N2O. The molecule has 0 saturated heterocycles. The molecule has 0 aromatic rings. The molecule has 0 radical (unpaired) electrons. The number of nitrogens with two attached hydrogens (primary N) is 2. The molecule has 0 amide bonds. The lowest BCUT2D eigenvalue weighted by Crippen LogP contribution is -2.28. The maximum atomic E-state index is 10.4. The molecule has 0 saturated carbocycles. The summed E-state index contributed by atoms with van der Waals surface area (Å²) < 4.78 is 0. The maximum Gasteiger partial charge on any atom is 0.135 e. The number of Topliss-reactive ketones (excluding diaryl/α,β-unsaturated/α-hetero) is 1. The van der Waals surface area contributed by atoms with Gasteiger partial charge in [0.2, 0.25) is 0 Å². The molecule has 0 heterocycles. The first-order chi connectivity index (χ1) is 3.72. The maximum absolute atomic E-state index is 10.4. The Morgan fingerprint density at radius 2 is 1.88 bits per heavy atom. The van der Waals surface area contributed by atoms with Gasteiger partial charge in [-0.25, -0.2) is 0 Å². The number of carbonyl (C=O) groups is 1. The van der Waals surface area contributed by atoms with Crippen molar-refractivity contribution in [2.24, 2.45) is 17.4 Å². The highest BCUT2D eigenvalue weighted by Gasteiger charge is 2.07. The molecule has 0 rings (SSSR count). The van der Waals surface area contributed by atoms with Gasteiger partial charge in [-0.2, -0.15) is 0 Å². The first-order valence-corrected chi connectivity index (χ1v) is 2.63. The van der Waals surface area contributed by atoms with Crippen LogP contribution in [-0.2, 0) is 4.79 Å². The minimum absolute atomic E-state index is 0.0787. The monoisotopic (exact) mass is 116 g/mol. The largest absolute Gasteiger partial charge is 0.330 e. The molecule has 0 aliphatic carbocycles. The van der Waals surface area contributed by atoms with Gasteiger partial charge in [-0.3, -0.25) is 4.79 Å². The molecule has 8 heavy (non-hydrogen) atoms. The highest BCUT2D eigenvalue weighted by atomic mass is 16.1. The number of ketones is 1. The molecule has 0 fully saturated rings. The summed E-state index contributed by atoms with van der Waals surface area (Å²) in [7, 11) is 0. The molecule has 4 N–H and O–H groups in total. The second-order valence-electron chi connectivity index (χ2n) is 1.78. The molecule has 0 aliphatic heterocycles. The van der Waals surface area contributed by atoms with Crippen molar-refractivity contribution in [2.75, 3.05) is 13.1 Å². The van der Waals surface area contributed by atoms with Crippen molar-refractivity contribution < 1.29 is 4.79 Å². The lowest BCUT2D eigenvalue weighted by molar-refractivity contribution is -0.120. The summed E-state index contributed by atoms with van der Waals surface area (Å²) in [5, 5.41) is 0. The topological polar surface area (TPSA) is 69.1 Å². The van der Waals surface area contributed by atoms with E-state index in [1.807, 2.05) is 0 Å². The van der Waals surface area contributed by atoms with Crippen molar-refractivity contribution in [3.63, 3.8) is 0 Å². The average Bonchev–Trinajstić information content (AvgIpc) is 1.69. The van der Waals surface area contributed by atoms with Crippen LogP contribution in [0, 0.1) is 5.92 Å². The highest BCUT2D eigenvalue weighted by Crippen LogP contribution is 1.89. The van der Waals surface area contributed by atoms with Crippen LogP contribution in [0.3, 0.4) is 0 Å². The van der Waals surface area contributed by atoms with E-state index < -0.39 is 0 Å². The Bertz CT molecular complexity index is 78.5. The lowest BCUT2D eigenvalue weighted by Gasteiger charge is -2.04. The zero-order chi connectivity index (χ0) is 6.57. The number of rotatable bonds is 3. The van der Waals surface area contributed by atoms with Crippen molar-refractivity contribution >= 4 is 5.78 Å². The fraction of sp³-hybridized carbons (Fsp3) is 0.800. The van der Waals surface area contributed by atoms with Crippen LogP contribution in [0.5, 0.6) is 0 Å². The van der Waals surface area contributed by atoms with Gasteiger partial charge in [0.25, 0.3) is 0 Å². The van der Waals surface area contributed by atoms with Gasteiger partial charge in [-0.1, -0.05) is 0 Å². The Labute approximate surface area is 49.0 Å². The summed E-state index contributed by atoms with van der Waals surface area (Å²) in [5.74, 6) is -0.0509. The predicted octanol–water partition coefficient (Wildman–Crippen LogP) is -0.891. The van der Waals surface area contributed by atoms with Gasteiger partial charge in [0, 0.05) is 19.0 Å². The molecule has 0 bridgehead atoms. The van der Waals surface area contributed by atoms with Crippen molar-refractivity contribution in [1.82, 2.24) is 0 Å². The molecular weight excluding hydrogens is 104 g/mol. The fourth-order valence-corrected chi connectivity index (χ4v) is 0.428. The molecule has 0 aromatic heterocycles. The van der Waals surface area contributed by atoms with Crippen LogP contribution in [0.25, 0.3) is 0 Å². The minimum atomic E-state index is -0.130. The van der Waals surface area contributed by atoms with Crippen LogP contribution >= 0.6 is 0 Å². The average molecular weight is 116 g/mol. The number of hydrogen-bond acceptors (Lipinski definition) is 3. The second-order valence-corrected chi connectivity index (χ2v) is 1.78. The van der Waals surface area contributed by atoms with E-state index in [4.69, 9.17) is 11.5 Å². The van der Waals surface area contributed by atoms with E-state index in [1.165, 1.54) is 6.92 Å². The molecule has 0 aliphatic rings. The Kier molecular flexibility index (Phi) is 3.39. The highest BCUT2D eigenvalue weighted by molar-refractivity contribution is 5.78. The molecule has 0 atom stereocenters. The Morgan fingerprint density at radius 3 is 1.88 bits per heavy atom. The summed E-state index contributed by atoms with van der Waals surface area (Å²) in [4.78, 5) is 10.4. The molecule has 48 valence electrons. The fourth-order valence-electron chi connectivity index (χ4n) is 0.428. The Balaban J connectivity index is 3.52. The van der Waals surface area contributed by atoms with Crippen molar-refractivity contribution in [1.29, 1.82) is 0 Å². The third-order valence-corrected chi connectivity index (χ3v) is 1.14. The van der Waals surface area contributed by atoms with Crippen LogP contribution in [0.2, 0.25) is 0 Å². The first kappa shape index (κ1) is 7.59. The van der Waals surface area contributed by atoms with Crippen LogP contribution in [0.1, 0.15) is 6.92 Å². The summed E-state index contributed by atoms with van der Waals surface area (Å²) in [6.45, 7) is 2.24. The zero-order valence-corrected chi connectivity index (χ0v) is 5.05. The van der Waals surface area contributed by atoms with E-state index in [1.54, 1.807) is 0 Å². The van der Waals surface area contributed by atoms with Crippen LogP contribution in [0.4, 0.5) is 0 Å². The molecule has 0 aromatic carbocycles. The van der Waals surface area contributed by atoms with Crippen molar-refractivity contribution in [3.05, 3.63) is 0 Å². The van der Waals surface area contributed by atoms with E-state index in [0.29, 0.717) is 13.1 Å². The first-order valence-electron chi connectivity index (χ1n) is 2.63. The summed E-state index contributed by atoms with van der Waals surface area (Å²) >= 11 is 0.